The lowest BCUT2D eigenvalue weighted by Crippen LogP contribution is -2.12. The van der Waals surface area contributed by atoms with Crippen LogP contribution < -0.4 is 10.1 Å². The number of ether oxygens (including phenoxy) is 1. The number of rotatable bonds is 5. The number of hydrogen-bond acceptors (Lipinski definition) is 3. The van der Waals surface area contributed by atoms with Crippen molar-refractivity contribution in [2.75, 3.05) is 7.11 Å². The van der Waals surface area contributed by atoms with Crippen LogP contribution in [0.25, 0.3) is 0 Å². The van der Waals surface area contributed by atoms with E-state index in [9.17, 15) is 0 Å². The lowest BCUT2D eigenvalue weighted by Gasteiger charge is -2.08. The highest BCUT2D eigenvalue weighted by atomic mass is 32.1. The summed E-state index contributed by atoms with van der Waals surface area (Å²) >= 11 is 1.97. The van der Waals surface area contributed by atoms with Gasteiger partial charge in [-0.25, -0.2) is 0 Å². The van der Waals surface area contributed by atoms with Crippen molar-refractivity contribution in [1.82, 2.24) is 5.32 Å². The summed E-state index contributed by atoms with van der Waals surface area (Å²) in [7, 11) is 1.72. The van der Waals surface area contributed by atoms with Gasteiger partial charge in [-0.3, -0.25) is 0 Å². The van der Waals surface area contributed by atoms with Crippen molar-refractivity contribution in [2.45, 2.75) is 32.4 Å². The van der Waals surface area contributed by atoms with E-state index in [0.29, 0.717) is 0 Å². The van der Waals surface area contributed by atoms with Crippen LogP contribution in [0.4, 0.5) is 0 Å². The van der Waals surface area contributed by atoms with Gasteiger partial charge in [-0.2, -0.15) is 0 Å². The average molecular weight is 273 g/mol. The number of para-hydroxylation sites is 1. The first-order valence-corrected chi connectivity index (χ1v) is 7.61. The highest BCUT2D eigenvalue weighted by Crippen LogP contribution is 2.30. The number of aryl methyl sites for hydroxylation is 2. The summed E-state index contributed by atoms with van der Waals surface area (Å²) in [6, 6.07) is 10.6. The minimum absolute atomic E-state index is 0.854. The Hall–Kier alpha value is -1.32. The van der Waals surface area contributed by atoms with E-state index in [1.54, 1.807) is 17.6 Å². The van der Waals surface area contributed by atoms with Gasteiger partial charge in [-0.05, 0) is 37.0 Å². The van der Waals surface area contributed by atoms with Crippen LogP contribution in [0.15, 0.2) is 30.3 Å². The van der Waals surface area contributed by atoms with E-state index in [-0.39, 0.29) is 0 Å². The first kappa shape index (κ1) is 12.7. The molecule has 0 bridgehead atoms. The molecular formula is C16H19NOS. The van der Waals surface area contributed by atoms with Crippen LogP contribution in [0, 0.1) is 0 Å². The highest BCUT2D eigenvalue weighted by molar-refractivity contribution is 7.12. The molecule has 0 amide bonds. The number of fused-ring (bicyclic) bond motifs is 1. The molecule has 3 rings (SSSR count). The lowest BCUT2D eigenvalue weighted by molar-refractivity contribution is 0.407. The van der Waals surface area contributed by atoms with Crippen molar-refractivity contribution >= 4 is 11.3 Å². The van der Waals surface area contributed by atoms with Gasteiger partial charge in [0, 0.05) is 28.4 Å². The van der Waals surface area contributed by atoms with Gasteiger partial charge in [-0.1, -0.05) is 18.2 Å². The monoisotopic (exact) mass is 273 g/mol. The number of hydrogen-bond donors (Lipinski definition) is 1. The molecule has 2 nitrogen and oxygen atoms in total. The van der Waals surface area contributed by atoms with E-state index >= 15 is 0 Å². The van der Waals surface area contributed by atoms with Crippen LogP contribution in [-0.2, 0) is 25.9 Å². The molecule has 3 heteroatoms. The maximum Gasteiger partial charge on any atom is 0.123 e. The van der Waals surface area contributed by atoms with Crippen molar-refractivity contribution in [3.63, 3.8) is 0 Å². The Morgan fingerprint density at radius 3 is 2.95 bits per heavy atom. The predicted molar refractivity (Wildman–Crippen MR) is 79.9 cm³/mol. The third kappa shape index (κ3) is 2.82. The van der Waals surface area contributed by atoms with Gasteiger partial charge in [-0.15, -0.1) is 11.3 Å². The van der Waals surface area contributed by atoms with Crippen molar-refractivity contribution in [2.24, 2.45) is 0 Å². The second-order valence-corrected chi connectivity index (χ2v) is 6.15. The second-order valence-electron chi connectivity index (χ2n) is 4.93. The molecule has 0 fully saturated rings. The molecule has 0 spiro atoms. The largest absolute Gasteiger partial charge is 0.496 e. The molecule has 19 heavy (non-hydrogen) atoms. The van der Waals surface area contributed by atoms with Gasteiger partial charge < -0.3 is 10.1 Å². The summed E-state index contributed by atoms with van der Waals surface area (Å²) < 4.78 is 5.36. The molecule has 1 aromatic heterocycles. The van der Waals surface area contributed by atoms with Crippen molar-refractivity contribution in [1.29, 1.82) is 0 Å². The first-order valence-electron chi connectivity index (χ1n) is 6.80. The van der Waals surface area contributed by atoms with E-state index < -0.39 is 0 Å². The Morgan fingerprint density at radius 2 is 2.11 bits per heavy atom. The number of methoxy groups -OCH3 is 1. The van der Waals surface area contributed by atoms with Gasteiger partial charge in [0.2, 0.25) is 0 Å². The fourth-order valence-corrected chi connectivity index (χ4v) is 3.88. The van der Waals surface area contributed by atoms with Gasteiger partial charge in [0.25, 0.3) is 0 Å². The molecule has 1 aliphatic rings. The molecule has 1 aromatic carbocycles. The molecule has 0 saturated carbocycles. The Labute approximate surface area is 118 Å². The molecule has 0 atom stereocenters. The molecule has 0 saturated heterocycles. The fraction of sp³-hybridized carbons (Fsp3) is 0.375. The molecule has 1 heterocycles. The van der Waals surface area contributed by atoms with Crippen LogP contribution in [0.3, 0.4) is 0 Å². The molecule has 1 aliphatic carbocycles. The maximum absolute atomic E-state index is 5.36. The molecule has 0 radical (unpaired) electrons. The summed E-state index contributed by atoms with van der Waals surface area (Å²) in [6.07, 6.45) is 3.90. The van der Waals surface area contributed by atoms with E-state index in [1.165, 1.54) is 29.7 Å². The zero-order valence-electron chi connectivity index (χ0n) is 11.2. The van der Waals surface area contributed by atoms with Crippen LogP contribution >= 0.6 is 11.3 Å². The van der Waals surface area contributed by atoms with Gasteiger partial charge in [0.15, 0.2) is 0 Å². The van der Waals surface area contributed by atoms with Crippen molar-refractivity contribution in [3.8, 4) is 5.75 Å². The molecule has 100 valence electrons. The highest BCUT2D eigenvalue weighted by Gasteiger charge is 2.14. The third-order valence-corrected chi connectivity index (χ3v) is 4.84. The van der Waals surface area contributed by atoms with E-state index in [2.05, 4.69) is 23.5 Å². The summed E-state index contributed by atoms with van der Waals surface area (Å²) in [4.78, 5) is 3.06. The van der Waals surface area contributed by atoms with Crippen molar-refractivity contribution < 1.29 is 4.74 Å². The van der Waals surface area contributed by atoms with Crippen LogP contribution in [0.2, 0.25) is 0 Å². The SMILES string of the molecule is COc1ccccc1CNCc1cc2c(s1)CCC2. The topological polar surface area (TPSA) is 21.3 Å². The average Bonchev–Trinajstić information content (AvgIpc) is 3.00. The van der Waals surface area contributed by atoms with E-state index in [4.69, 9.17) is 4.74 Å². The van der Waals surface area contributed by atoms with Crippen LogP contribution in [0.5, 0.6) is 5.75 Å². The fourth-order valence-electron chi connectivity index (χ4n) is 2.65. The molecule has 1 N–H and O–H groups in total. The number of thiophene rings is 1. The minimum Gasteiger partial charge on any atom is -0.496 e. The smallest absolute Gasteiger partial charge is 0.123 e. The number of nitrogens with one attached hydrogen (secondary N) is 1. The summed E-state index contributed by atoms with van der Waals surface area (Å²) in [5.41, 5.74) is 2.80. The third-order valence-electron chi connectivity index (χ3n) is 3.60. The van der Waals surface area contributed by atoms with Gasteiger partial charge in [0.05, 0.1) is 7.11 Å². The Morgan fingerprint density at radius 1 is 1.21 bits per heavy atom. The minimum atomic E-state index is 0.854. The normalized spacial score (nSPS) is 13.5. The molecule has 0 unspecified atom stereocenters. The Bertz CT molecular complexity index is 540. The summed E-state index contributed by atoms with van der Waals surface area (Å²) in [5.74, 6) is 0.962. The van der Waals surface area contributed by atoms with Crippen LogP contribution in [-0.4, -0.2) is 7.11 Å². The zero-order chi connectivity index (χ0) is 13.1. The first-order chi connectivity index (χ1) is 9.36. The second kappa shape index (κ2) is 5.76. The van der Waals surface area contributed by atoms with E-state index in [1.807, 2.05) is 23.5 Å². The lowest BCUT2D eigenvalue weighted by atomic mass is 10.2. The maximum atomic E-state index is 5.36. The molecule has 0 aliphatic heterocycles. The molecular weight excluding hydrogens is 254 g/mol. The summed E-state index contributed by atoms with van der Waals surface area (Å²) in [5, 5.41) is 3.51. The summed E-state index contributed by atoms with van der Waals surface area (Å²) in [6.45, 7) is 1.81. The Balaban J connectivity index is 1.57. The van der Waals surface area contributed by atoms with Crippen LogP contribution in [0.1, 0.15) is 27.3 Å². The predicted octanol–water partition coefficient (Wildman–Crippen LogP) is 3.54. The van der Waals surface area contributed by atoms with Gasteiger partial charge >= 0.3 is 0 Å². The van der Waals surface area contributed by atoms with Gasteiger partial charge in [0.1, 0.15) is 5.75 Å². The quantitative estimate of drug-likeness (QED) is 0.899. The molecule has 2 aromatic rings. The zero-order valence-corrected chi connectivity index (χ0v) is 12.1. The number of benzene rings is 1. The standard InChI is InChI=1S/C16H19NOS/c1-18-15-7-3-2-5-13(15)10-17-11-14-9-12-6-4-8-16(12)19-14/h2-3,5,7,9,17H,4,6,8,10-11H2,1H3. The van der Waals surface area contributed by atoms with Crippen molar-refractivity contribution in [3.05, 3.63) is 51.2 Å². The van der Waals surface area contributed by atoms with E-state index in [0.717, 1.165) is 18.8 Å². The Kier molecular flexibility index (Phi) is 3.85.